The maximum absolute atomic E-state index is 4.30. The lowest BCUT2D eigenvalue weighted by Gasteiger charge is -2.29. The topological polar surface area (TPSA) is 49.7 Å². The van der Waals surface area contributed by atoms with E-state index in [2.05, 4.69) is 60.4 Å². The lowest BCUT2D eigenvalue weighted by molar-refractivity contribution is -0.868. The number of nitrogens with zero attached hydrogens (tertiary/aromatic N) is 7. The maximum Gasteiger partial charge on any atom is 0.403 e. The number of quaternary nitrogens is 1. The molecule has 0 spiro atoms. The summed E-state index contributed by atoms with van der Waals surface area (Å²) < 4.78 is 4.49. The number of anilines is 1. The highest BCUT2D eigenvalue weighted by Gasteiger charge is 2.13. The molecule has 0 N–H and O–H groups in total. The molecule has 0 fully saturated rings. The Kier molecular flexibility index (Phi) is 5.66. The van der Waals surface area contributed by atoms with E-state index in [1.807, 2.05) is 30.8 Å². The van der Waals surface area contributed by atoms with Crippen LogP contribution in [0.1, 0.15) is 6.92 Å². The van der Waals surface area contributed by atoms with Crippen LogP contribution in [0.2, 0.25) is 0 Å². The van der Waals surface area contributed by atoms with Gasteiger partial charge in [0.15, 0.2) is 0 Å². The average molecular weight is 331 g/mol. The first-order valence-corrected chi connectivity index (χ1v) is 8.25. The maximum atomic E-state index is 4.30. The SMILES string of the molecule is CCN(CC[N+](C)(C)C)c1ccc(N=Nc2n(C)nc[n+]2C)cc1. The largest absolute Gasteiger partial charge is 0.403 e. The smallest absolute Gasteiger partial charge is 0.366 e. The van der Waals surface area contributed by atoms with Gasteiger partial charge in [0.1, 0.15) is 0 Å². The molecule has 0 aliphatic heterocycles. The van der Waals surface area contributed by atoms with Crippen LogP contribution in [0.4, 0.5) is 17.3 Å². The van der Waals surface area contributed by atoms with Crippen LogP contribution in [0, 0.1) is 0 Å². The van der Waals surface area contributed by atoms with E-state index in [0.29, 0.717) is 5.95 Å². The summed E-state index contributed by atoms with van der Waals surface area (Å²) in [6, 6.07) is 8.22. The van der Waals surface area contributed by atoms with Crippen molar-refractivity contribution in [2.75, 3.05) is 45.7 Å². The molecular weight excluding hydrogens is 302 g/mol. The highest BCUT2D eigenvalue weighted by molar-refractivity contribution is 5.52. The Balaban J connectivity index is 2.06. The fourth-order valence-corrected chi connectivity index (χ4v) is 2.34. The van der Waals surface area contributed by atoms with E-state index < -0.39 is 0 Å². The number of hydrogen-bond acceptors (Lipinski definition) is 4. The second-order valence-corrected chi connectivity index (χ2v) is 6.98. The van der Waals surface area contributed by atoms with E-state index in [1.165, 1.54) is 5.69 Å². The van der Waals surface area contributed by atoms with Crippen molar-refractivity contribution in [1.29, 1.82) is 0 Å². The van der Waals surface area contributed by atoms with Gasteiger partial charge >= 0.3 is 5.95 Å². The Labute approximate surface area is 144 Å². The number of rotatable bonds is 7. The minimum absolute atomic E-state index is 0.706. The van der Waals surface area contributed by atoms with Crippen molar-refractivity contribution in [3.05, 3.63) is 30.6 Å². The minimum Gasteiger partial charge on any atom is -0.366 e. The van der Waals surface area contributed by atoms with E-state index in [9.17, 15) is 0 Å². The van der Waals surface area contributed by atoms with E-state index >= 15 is 0 Å². The van der Waals surface area contributed by atoms with Crippen molar-refractivity contribution in [2.24, 2.45) is 24.3 Å². The molecule has 0 saturated heterocycles. The van der Waals surface area contributed by atoms with Crippen molar-refractivity contribution < 1.29 is 9.05 Å². The molecule has 0 aliphatic rings. The third kappa shape index (κ3) is 4.86. The fourth-order valence-electron chi connectivity index (χ4n) is 2.34. The van der Waals surface area contributed by atoms with Gasteiger partial charge in [0.25, 0.3) is 0 Å². The van der Waals surface area contributed by atoms with Gasteiger partial charge in [0, 0.05) is 17.3 Å². The molecular formula is C17H29N7+2. The molecule has 7 heteroatoms. The van der Waals surface area contributed by atoms with Crippen molar-refractivity contribution in [3.8, 4) is 0 Å². The lowest BCUT2D eigenvalue weighted by Crippen LogP contribution is -2.42. The normalized spacial score (nSPS) is 12.1. The fraction of sp³-hybridized carbons (Fsp3) is 0.529. The highest BCUT2D eigenvalue weighted by atomic mass is 15.4. The molecule has 0 amide bonds. The van der Waals surface area contributed by atoms with Gasteiger partial charge in [0.05, 0.1) is 54.0 Å². The summed E-state index contributed by atoms with van der Waals surface area (Å²) in [6.45, 7) is 5.31. The van der Waals surface area contributed by atoms with Gasteiger partial charge in [-0.15, -0.1) is 4.68 Å². The number of benzene rings is 1. The quantitative estimate of drug-likeness (QED) is 0.444. The minimum atomic E-state index is 0.706. The zero-order chi connectivity index (χ0) is 17.7. The van der Waals surface area contributed by atoms with E-state index in [0.717, 1.165) is 29.8 Å². The first kappa shape index (κ1) is 18.1. The van der Waals surface area contributed by atoms with Crippen LogP contribution in [-0.4, -0.2) is 55.0 Å². The van der Waals surface area contributed by atoms with Crippen LogP contribution >= 0.6 is 0 Å². The number of aromatic nitrogens is 3. The van der Waals surface area contributed by atoms with Gasteiger partial charge in [0.2, 0.25) is 6.33 Å². The summed E-state index contributed by atoms with van der Waals surface area (Å²) in [5.74, 6) is 0.706. The molecule has 2 rings (SSSR count). The van der Waals surface area contributed by atoms with Crippen molar-refractivity contribution >= 4 is 17.3 Å². The third-order valence-electron chi connectivity index (χ3n) is 3.90. The summed E-state index contributed by atoms with van der Waals surface area (Å²) in [5, 5.41) is 12.7. The number of aryl methyl sites for hydroxylation is 2. The molecule has 0 aliphatic carbocycles. The Morgan fingerprint density at radius 2 is 1.83 bits per heavy atom. The number of hydrogen-bond donors (Lipinski definition) is 0. The summed E-state index contributed by atoms with van der Waals surface area (Å²) in [7, 11) is 10.4. The van der Waals surface area contributed by atoms with Crippen molar-refractivity contribution in [1.82, 2.24) is 9.78 Å². The lowest BCUT2D eigenvalue weighted by atomic mass is 10.2. The molecule has 130 valence electrons. The Hall–Kier alpha value is -2.28. The monoisotopic (exact) mass is 331 g/mol. The van der Waals surface area contributed by atoms with Crippen LogP contribution in [0.5, 0.6) is 0 Å². The molecule has 0 atom stereocenters. The van der Waals surface area contributed by atoms with Crippen molar-refractivity contribution in [3.63, 3.8) is 0 Å². The molecule has 24 heavy (non-hydrogen) atoms. The van der Waals surface area contributed by atoms with E-state index in [1.54, 1.807) is 11.0 Å². The predicted octanol–water partition coefficient (Wildman–Crippen LogP) is 2.19. The molecule has 0 radical (unpaired) electrons. The van der Waals surface area contributed by atoms with Crippen LogP contribution < -0.4 is 9.47 Å². The summed E-state index contributed by atoms with van der Waals surface area (Å²) >= 11 is 0. The van der Waals surface area contributed by atoms with Crippen LogP contribution in [0.3, 0.4) is 0 Å². The van der Waals surface area contributed by atoms with Crippen LogP contribution in [0.25, 0.3) is 0 Å². The molecule has 7 nitrogen and oxygen atoms in total. The molecule has 0 saturated carbocycles. The van der Waals surface area contributed by atoms with Gasteiger partial charge in [-0.25, -0.2) is 4.57 Å². The van der Waals surface area contributed by atoms with Crippen LogP contribution in [-0.2, 0) is 14.1 Å². The molecule has 1 heterocycles. The second-order valence-electron chi connectivity index (χ2n) is 6.98. The summed E-state index contributed by atoms with van der Waals surface area (Å²) in [6.07, 6.45) is 1.71. The summed E-state index contributed by atoms with van der Waals surface area (Å²) in [5.41, 5.74) is 2.05. The highest BCUT2D eigenvalue weighted by Crippen LogP contribution is 2.21. The first-order chi connectivity index (χ1) is 11.3. The molecule has 1 aromatic carbocycles. The molecule has 0 bridgehead atoms. The number of likely N-dealkylation sites (N-methyl/N-ethyl adjacent to an activating group) is 2. The Bertz CT molecular complexity index is 660. The predicted molar refractivity (Wildman–Crippen MR) is 95.8 cm³/mol. The van der Waals surface area contributed by atoms with Gasteiger partial charge in [-0.05, 0) is 36.3 Å². The molecule has 1 aromatic heterocycles. The second kappa shape index (κ2) is 7.53. The van der Waals surface area contributed by atoms with E-state index in [4.69, 9.17) is 0 Å². The first-order valence-electron chi connectivity index (χ1n) is 8.25. The Morgan fingerprint density at radius 3 is 2.33 bits per heavy atom. The standard InChI is InChI=1S/C17H29N7/c1-7-23(12-13-24(4,5)6)16-10-8-15(9-11-16)19-20-17-21(2)14-18-22(17)3/h8-11,14H,7,12-13H2,1-6H3/q+2. The third-order valence-corrected chi connectivity index (χ3v) is 3.90. The summed E-state index contributed by atoms with van der Waals surface area (Å²) in [4.78, 5) is 2.38. The van der Waals surface area contributed by atoms with Gasteiger partial charge in [-0.2, -0.15) is 0 Å². The Morgan fingerprint density at radius 1 is 1.17 bits per heavy atom. The molecule has 0 unspecified atom stereocenters. The van der Waals surface area contributed by atoms with Crippen molar-refractivity contribution in [2.45, 2.75) is 6.92 Å². The molecule has 2 aromatic rings. The average Bonchev–Trinajstić information content (AvgIpc) is 2.85. The van der Waals surface area contributed by atoms with E-state index in [-0.39, 0.29) is 0 Å². The zero-order valence-corrected chi connectivity index (χ0v) is 15.6. The van der Waals surface area contributed by atoms with Gasteiger partial charge in [-0.3, -0.25) is 0 Å². The zero-order valence-electron chi connectivity index (χ0n) is 15.6. The van der Waals surface area contributed by atoms with Gasteiger partial charge < -0.3 is 9.38 Å². The van der Waals surface area contributed by atoms with Gasteiger partial charge in [-0.1, -0.05) is 5.11 Å². The van der Waals surface area contributed by atoms with Crippen LogP contribution in [0.15, 0.2) is 40.8 Å². The number of azo groups is 1.